The number of rotatable bonds is 8. The maximum absolute atomic E-state index is 12.2. The number of anilines is 3. The molecule has 0 saturated heterocycles. The SMILES string of the molecule is CCN(CC)c1ccc(NC(=O)CNc2ccccc2C(C)C)cc1. The summed E-state index contributed by atoms with van der Waals surface area (Å²) in [6, 6.07) is 16.1. The summed E-state index contributed by atoms with van der Waals surface area (Å²) in [5.74, 6) is 0.369. The highest BCUT2D eigenvalue weighted by Crippen LogP contribution is 2.23. The van der Waals surface area contributed by atoms with E-state index in [4.69, 9.17) is 0 Å². The molecule has 0 spiro atoms. The van der Waals surface area contributed by atoms with Crippen LogP contribution >= 0.6 is 0 Å². The number of para-hydroxylation sites is 1. The van der Waals surface area contributed by atoms with Gasteiger partial charge < -0.3 is 15.5 Å². The number of nitrogens with zero attached hydrogens (tertiary/aromatic N) is 1. The van der Waals surface area contributed by atoms with Crippen LogP contribution in [0.25, 0.3) is 0 Å². The Bertz CT molecular complexity index is 676. The first-order valence-electron chi connectivity index (χ1n) is 9.02. The van der Waals surface area contributed by atoms with Crippen LogP contribution in [0.15, 0.2) is 48.5 Å². The number of carbonyl (C=O) groups excluding carboxylic acids is 1. The lowest BCUT2D eigenvalue weighted by atomic mass is 10.0. The second-order valence-corrected chi connectivity index (χ2v) is 6.36. The topological polar surface area (TPSA) is 44.4 Å². The molecular formula is C21H29N3O. The van der Waals surface area contributed by atoms with Crippen LogP contribution in [0.5, 0.6) is 0 Å². The van der Waals surface area contributed by atoms with E-state index in [0.717, 1.165) is 24.5 Å². The minimum atomic E-state index is -0.0471. The molecule has 2 N–H and O–H groups in total. The number of carbonyl (C=O) groups is 1. The molecule has 0 bridgehead atoms. The lowest BCUT2D eigenvalue weighted by molar-refractivity contribution is -0.114. The monoisotopic (exact) mass is 339 g/mol. The first-order valence-corrected chi connectivity index (χ1v) is 9.02. The summed E-state index contributed by atoms with van der Waals surface area (Å²) in [7, 11) is 0. The van der Waals surface area contributed by atoms with Crippen molar-refractivity contribution in [3.05, 3.63) is 54.1 Å². The molecule has 0 aliphatic carbocycles. The van der Waals surface area contributed by atoms with Crippen LogP contribution in [0.4, 0.5) is 17.1 Å². The van der Waals surface area contributed by atoms with Crippen LogP contribution in [-0.2, 0) is 4.79 Å². The molecule has 0 radical (unpaired) electrons. The molecule has 1 amide bonds. The lowest BCUT2D eigenvalue weighted by Gasteiger charge is -2.21. The van der Waals surface area contributed by atoms with Crippen molar-refractivity contribution in [1.82, 2.24) is 0 Å². The van der Waals surface area contributed by atoms with Gasteiger partial charge >= 0.3 is 0 Å². The fraction of sp³-hybridized carbons (Fsp3) is 0.381. The van der Waals surface area contributed by atoms with Crippen molar-refractivity contribution in [2.24, 2.45) is 0 Å². The van der Waals surface area contributed by atoms with E-state index in [2.05, 4.69) is 49.3 Å². The minimum Gasteiger partial charge on any atom is -0.376 e. The number of hydrogen-bond acceptors (Lipinski definition) is 3. The average molecular weight is 339 g/mol. The summed E-state index contributed by atoms with van der Waals surface area (Å²) in [5.41, 5.74) is 4.23. The van der Waals surface area contributed by atoms with Gasteiger partial charge in [0.1, 0.15) is 0 Å². The third-order valence-electron chi connectivity index (χ3n) is 4.30. The van der Waals surface area contributed by atoms with Crippen LogP contribution in [0, 0.1) is 0 Å². The molecular weight excluding hydrogens is 310 g/mol. The van der Waals surface area contributed by atoms with Gasteiger partial charge in [0.2, 0.25) is 5.91 Å². The van der Waals surface area contributed by atoms with E-state index >= 15 is 0 Å². The Morgan fingerprint density at radius 3 is 2.24 bits per heavy atom. The van der Waals surface area contributed by atoms with E-state index < -0.39 is 0 Å². The Hall–Kier alpha value is -2.49. The smallest absolute Gasteiger partial charge is 0.243 e. The van der Waals surface area contributed by atoms with Crippen molar-refractivity contribution in [3.63, 3.8) is 0 Å². The van der Waals surface area contributed by atoms with Gasteiger partial charge in [-0.05, 0) is 55.7 Å². The second-order valence-electron chi connectivity index (χ2n) is 6.36. The summed E-state index contributed by atoms with van der Waals surface area (Å²) in [4.78, 5) is 14.5. The first-order chi connectivity index (χ1) is 12.0. The van der Waals surface area contributed by atoms with Gasteiger partial charge in [-0.3, -0.25) is 4.79 Å². The predicted molar refractivity (Wildman–Crippen MR) is 108 cm³/mol. The van der Waals surface area contributed by atoms with Crippen LogP contribution < -0.4 is 15.5 Å². The van der Waals surface area contributed by atoms with E-state index in [0.29, 0.717) is 5.92 Å². The van der Waals surface area contributed by atoms with E-state index in [-0.39, 0.29) is 12.5 Å². The van der Waals surface area contributed by atoms with Gasteiger partial charge in [0.25, 0.3) is 0 Å². The molecule has 0 aliphatic rings. The van der Waals surface area contributed by atoms with E-state index in [9.17, 15) is 4.79 Å². The zero-order valence-corrected chi connectivity index (χ0v) is 15.7. The highest BCUT2D eigenvalue weighted by atomic mass is 16.1. The largest absolute Gasteiger partial charge is 0.376 e. The highest BCUT2D eigenvalue weighted by molar-refractivity contribution is 5.94. The van der Waals surface area contributed by atoms with Crippen LogP contribution in [0.3, 0.4) is 0 Å². The van der Waals surface area contributed by atoms with Crippen LogP contribution in [0.1, 0.15) is 39.2 Å². The van der Waals surface area contributed by atoms with Crippen molar-refractivity contribution >= 4 is 23.0 Å². The summed E-state index contributed by atoms with van der Waals surface area (Å²) in [6.45, 7) is 10.8. The summed E-state index contributed by atoms with van der Waals surface area (Å²) >= 11 is 0. The maximum atomic E-state index is 12.2. The Morgan fingerprint density at radius 1 is 1.00 bits per heavy atom. The summed E-state index contributed by atoms with van der Waals surface area (Å²) in [5, 5.41) is 6.19. The third-order valence-corrected chi connectivity index (χ3v) is 4.30. The van der Waals surface area contributed by atoms with Crippen LogP contribution in [-0.4, -0.2) is 25.5 Å². The number of amides is 1. The van der Waals surface area contributed by atoms with Gasteiger partial charge in [0.15, 0.2) is 0 Å². The average Bonchev–Trinajstić information content (AvgIpc) is 2.62. The van der Waals surface area contributed by atoms with Gasteiger partial charge in [0.05, 0.1) is 6.54 Å². The van der Waals surface area contributed by atoms with E-state index in [1.165, 1.54) is 11.3 Å². The van der Waals surface area contributed by atoms with Crippen LogP contribution in [0.2, 0.25) is 0 Å². The zero-order valence-electron chi connectivity index (χ0n) is 15.7. The Kier molecular flexibility index (Phi) is 6.87. The van der Waals surface area contributed by atoms with E-state index in [1.54, 1.807) is 0 Å². The number of nitrogens with one attached hydrogen (secondary N) is 2. The minimum absolute atomic E-state index is 0.0471. The Labute approximate surface area is 151 Å². The molecule has 2 rings (SSSR count). The molecule has 25 heavy (non-hydrogen) atoms. The standard InChI is InChI=1S/C21H29N3O/c1-5-24(6-2)18-13-11-17(12-14-18)23-21(25)15-22-20-10-8-7-9-19(20)16(3)4/h7-14,16,22H,5-6,15H2,1-4H3,(H,23,25). The molecule has 0 aromatic heterocycles. The van der Waals surface area contributed by atoms with Crippen molar-refractivity contribution in [3.8, 4) is 0 Å². The molecule has 0 saturated carbocycles. The molecule has 2 aromatic carbocycles. The van der Waals surface area contributed by atoms with Gasteiger partial charge in [0, 0.05) is 30.2 Å². The van der Waals surface area contributed by atoms with Gasteiger partial charge in [-0.1, -0.05) is 32.0 Å². The zero-order chi connectivity index (χ0) is 18.2. The van der Waals surface area contributed by atoms with Crippen molar-refractivity contribution in [2.75, 3.05) is 35.2 Å². The van der Waals surface area contributed by atoms with Crippen molar-refractivity contribution in [2.45, 2.75) is 33.6 Å². The van der Waals surface area contributed by atoms with Crippen molar-refractivity contribution in [1.29, 1.82) is 0 Å². The van der Waals surface area contributed by atoms with Gasteiger partial charge in [-0.2, -0.15) is 0 Å². The molecule has 4 nitrogen and oxygen atoms in total. The summed E-state index contributed by atoms with van der Waals surface area (Å²) in [6.07, 6.45) is 0. The van der Waals surface area contributed by atoms with Gasteiger partial charge in [-0.25, -0.2) is 0 Å². The number of hydrogen-bond donors (Lipinski definition) is 2. The predicted octanol–water partition coefficient (Wildman–Crippen LogP) is 4.71. The van der Waals surface area contributed by atoms with E-state index in [1.807, 2.05) is 42.5 Å². The molecule has 0 fully saturated rings. The molecule has 2 aromatic rings. The first kappa shape index (κ1) is 18.8. The maximum Gasteiger partial charge on any atom is 0.243 e. The third kappa shape index (κ3) is 5.24. The molecule has 0 heterocycles. The quantitative estimate of drug-likeness (QED) is 0.732. The fourth-order valence-electron chi connectivity index (χ4n) is 2.89. The van der Waals surface area contributed by atoms with Gasteiger partial charge in [-0.15, -0.1) is 0 Å². The Balaban J connectivity index is 1.92. The normalized spacial score (nSPS) is 10.6. The molecule has 134 valence electrons. The number of benzene rings is 2. The lowest BCUT2D eigenvalue weighted by Crippen LogP contribution is -2.23. The highest BCUT2D eigenvalue weighted by Gasteiger charge is 2.08. The molecule has 4 heteroatoms. The molecule has 0 atom stereocenters. The Morgan fingerprint density at radius 2 is 1.64 bits per heavy atom. The fourth-order valence-corrected chi connectivity index (χ4v) is 2.89. The van der Waals surface area contributed by atoms with Crippen molar-refractivity contribution < 1.29 is 4.79 Å². The molecule has 0 unspecified atom stereocenters. The second kappa shape index (κ2) is 9.11. The molecule has 0 aliphatic heterocycles. The summed E-state index contributed by atoms with van der Waals surface area (Å²) < 4.78 is 0.